The highest BCUT2D eigenvalue weighted by Crippen LogP contribution is 2.18. The van der Waals surface area contributed by atoms with Gasteiger partial charge in [-0.3, -0.25) is 4.90 Å². The molecule has 1 aromatic carbocycles. The molecule has 0 saturated carbocycles. The summed E-state index contributed by atoms with van der Waals surface area (Å²) in [5, 5.41) is 18.3. The highest BCUT2D eigenvalue weighted by molar-refractivity contribution is 5.85. The van der Waals surface area contributed by atoms with E-state index in [9.17, 15) is 14.3 Å². The van der Waals surface area contributed by atoms with Crippen molar-refractivity contribution in [1.29, 1.82) is 0 Å². The van der Waals surface area contributed by atoms with Gasteiger partial charge in [-0.1, -0.05) is 6.07 Å². The Morgan fingerprint density at radius 2 is 2.30 bits per heavy atom. The number of hydrogen-bond acceptors (Lipinski definition) is 3. The Hall–Kier alpha value is -1.72. The summed E-state index contributed by atoms with van der Waals surface area (Å²) in [7, 11) is 0. The molecule has 1 heterocycles. The Kier molecular flexibility index (Phi) is 4.87. The van der Waals surface area contributed by atoms with Crippen molar-refractivity contribution in [2.24, 2.45) is 0 Å². The van der Waals surface area contributed by atoms with E-state index < -0.39 is 11.8 Å². The minimum atomic E-state index is -1.06. The second kappa shape index (κ2) is 6.63. The number of β-amino-alcohol motifs (C(OH)–C–C–N with tert-alkyl or cyclic N) is 1. The largest absolute Gasteiger partial charge is 0.478 e. The van der Waals surface area contributed by atoms with Crippen LogP contribution in [0.25, 0.3) is 6.08 Å². The lowest BCUT2D eigenvalue weighted by atomic mass is 10.0. The highest BCUT2D eigenvalue weighted by Gasteiger charge is 2.18. The zero-order chi connectivity index (χ0) is 14.5. The van der Waals surface area contributed by atoms with Crippen LogP contribution in [0.4, 0.5) is 4.39 Å². The number of rotatable bonds is 4. The molecule has 0 amide bonds. The number of likely N-dealkylation sites (tertiary alicyclic amines) is 1. The number of piperidine rings is 1. The SMILES string of the molecule is O=C(O)C=Cc1cc(F)ccc1CN1CCCC(O)C1. The van der Waals surface area contributed by atoms with Gasteiger partial charge in [0, 0.05) is 19.2 Å². The van der Waals surface area contributed by atoms with Gasteiger partial charge in [-0.2, -0.15) is 0 Å². The fourth-order valence-electron chi connectivity index (χ4n) is 2.44. The predicted octanol–water partition coefficient (Wildman–Crippen LogP) is 1.88. The first kappa shape index (κ1) is 14.7. The standard InChI is InChI=1S/C15H18FNO3/c16-13-5-3-12(11(8-13)4-6-15(19)20)9-17-7-1-2-14(18)10-17/h3-6,8,14,18H,1-2,7,9-10H2,(H,19,20). The number of benzene rings is 1. The number of aliphatic hydroxyl groups is 1. The molecule has 0 radical (unpaired) electrons. The normalized spacial score (nSPS) is 20.4. The van der Waals surface area contributed by atoms with Gasteiger partial charge in [0.05, 0.1) is 6.10 Å². The molecule has 20 heavy (non-hydrogen) atoms. The number of carboxylic acid groups (broad SMARTS) is 1. The Morgan fingerprint density at radius 1 is 1.50 bits per heavy atom. The van der Waals surface area contributed by atoms with Gasteiger partial charge in [0.2, 0.25) is 0 Å². The van der Waals surface area contributed by atoms with Crippen LogP contribution in [0.15, 0.2) is 24.3 Å². The van der Waals surface area contributed by atoms with E-state index in [0.717, 1.165) is 31.0 Å². The van der Waals surface area contributed by atoms with Crippen LogP contribution in [0.1, 0.15) is 24.0 Å². The summed E-state index contributed by atoms with van der Waals surface area (Å²) in [5.74, 6) is -1.45. The van der Waals surface area contributed by atoms with Crippen LogP contribution in [0.3, 0.4) is 0 Å². The molecule has 0 aromatic heterocycles. The van der Waals surface area contributed by atoms with Crippen molar-refractivity contribution in [3.8, 4) is 0 Å². The lowest BCUT2D eigenvalue weighted by molar-refractivity contribution is -0.131. The molecule has 1 aliphatic rings. The topological polar surface area (TPSA) is 60.8 Å². The summed E-state index contributed by atoms with van der Waals surface area (Å²) < 4.78 is 13.3. The van der Waals surface area contributed by atoms with Gasteiger partial charge >= 0.3 is 5.97 Å². The molecule has 2 N–H and O–H groups in total. The minimum absolute atomic E-state index is 0.317. The van der Waals surface area contributed by atoms with E-state index in [1.165, 1.54) is 18.2 Å². The summed E-state index contributed by atoms with van der Waals surface area (Å²) in [6.07, 6.45) is 3.83. The molecule has 0 spiro atoms. The summed E-state index contributed by atoms with van der Waals surface area (Å²) in [6.45, 7) is 2.06. The average molecular weight is 279 g/mol. The van der Waals surface area contributed by atoms with Crippen LogP contribution in [0.5, 0.6) is 0 Å². The Balaban J connectivity index is 2.15. The molecule has 1 saturated heterocycles. The van der Waals surface area contributed by atoms with E-state index in [0.29, 0.717) is 18.7 Å². The average Bonchev–Trinajstić information content (AvgIpc) is 2.39. The fraction of sp³-hybridized carbons (Fsp3) is 0.400. The van der Waals surface area contributed by atoms with E-state index in [2.05, 4.69) is 4.90 Å². The van der Waals surface area contributed by atoms with Crippen LogP contribution in [0.2, 0.25) is 0 Å². The monoisotopic (exact) mass is 279 g/mol. The van der Waals surface area contributed by atoms with Crippen molar-refractivity contribution in [1.82, 2.24) is 4.90 Å². The first-order valence-electron chi connectivity index (χ1n) is 6.64. The van der Waals surface area contributed by atoms with Crippen molar-refractivity contribution in [3.05, 3.63) is 41.2 Å². The predicted molar refractivity (Wildman–Crippen MR) is 73.6 cm³/mol. The third kappa shape index (κ3) is 4.15. The Labute approximate surface area is 117 Å². The number of hydrogen-bond donors (Lipinski definition) is 2. The van der Waals surface area contributed by atoms with Crippen molar-refractivity contribution in [3.63, 3.8) is 0 Å². The fourth-order valence-corrected chi connectivity index (χ4v) is 2.44. The van der Waals surface area contributed by atoms with Crippen LogP contribution in [0, 0.1) is 5.82 Å². The van der Waals surface area contributed by atoms with Gasteiger partial charge in [0.1, 0.15) is 5.82 Å². The molecular formula is C15H18FNO3. The molecule has 2 rings (SSSR count). The van der Waals surface area contributed by atoms with E-state index in [1.807, 2.05) is 0 Å². The first-order valence-corrected chi connectivity index (χ1v) is 6.64. The van der Waals surface area contributed by atoms with Crippen molar-refractivity contribution >= 4 is 12.0 Å². The van der Waals surface area contributed by atoms with Gasteiger partial charge in [-0.05, 0) is 48.7 Å². The number of aliphatic hydroxyl groups excluding tert-OH is 1. The number of aliphatic carboxylic acids is 1. The summed E-state index contributed by atoms with van der Waals surface area (Å²) in [5.41, 5.74) is 1.42. The van der Waals surface area contributed by atoms with E-state index >= 15 is 0 Å². The summed E-state index contributed by atoms with van der Waals surface area (Å²) in [4.78, 5) is 12.7. The molecule has 4 nitrogen and oxygen atoms in total. The van der Waals surface area contributed by atoms with Crippen LogP contribution < -0.4 is 0 Å². The number of carbonyl (C=O) groups is 1. The quantitative estimate of drug-likeness (QED) is 0.826. The number of halogens is 1. The van der Waals surface area contributed by atoms with Gasteiger partial charge < -0.3 is 10.2 Å². The minimum Gasteiger partial charge on any atom is -0.478 e. The molecule has 1 fully saturated rings. The Bertz CT molecular complexity index is 516. The first-order chi connectivity index (χ1) is 9.54. The van der Waals surface area contributed by atoms with Gasteiger partial charge in [0.15, 0.2) is 0 Å². The third-order valence-electron chi connectivity index (χ3n) is 3.39. The van der Waals surface area contributed by atoms with Crippen LogP contribution in [-0.2, 0) is 11.3 Å². The molecule has 0 bridgehead atoms. The molecule has 108 valence electrons. The van der Waals surface area contributed by atoms with E-state index in [4.69, 9.17) is 5.11 Å². The smallest absolute Gasteiger partial charge is 0.328 e. The molecule has 1 aromatic rings. The number of nitrogens with zero attached hydrogens (tertiary/aromatic N) is 1. The maximum atomic E-state index is 13.3. The summed E-state index contributed by atoms with van der Waals surface area (Å²) in [6, 6.07) is 4.36. The zero-order valence-electron chi connectivity index (χ0n) is 11.1. The van der Waals surface area contributed by atoms with Gasteiger partial charge in [-0.25, -0.2) is 9.18 Å². The molecule has 1 aliphatic heterocycles. The maximum absolute atomic E-state index is 13.3. The molecular weight excluding hydrogens is 261 g/mol. The molecule has 1 atom stereocenters. The van der Waals surface area contributed by atoms with E-state index in [1.54, 1.807) is 6.07 Å². The van der Waals surface area contributed by atoms with Gasteiger partial charge in [-0.15, -0.1) is 0 Å². The zero-order valence-corrected chi connectivity index (χ0v) is 11.1. The lowest BCUT2D eigenvalue weighted by Crippen LogP contribution is -2.37. The van der Waals surface area contributed by atoms with E-state index in [-0.39, 0.29) is 6.10 Å². The number of carboxylic acids is 1. The van der Waals surface area contributed by atoms with Crippen molar-refractivity contribution in [2.45, 2.75) is 25.5 Å². The Morgan fingerprint density at radius 3 is 3.00 bits per heavy atom. The van der Waals surface area contributed by atoms with Gasteiger partial charge in [0.25, 0.3) is 0 Å². The third-order valence-corrected chi connectivity index (χ3v) is 3.39. The highest BCUT2D eigenvalue weighted by atomic mass is 19.1. The lowest BCUT2D eigenvalue weighted by Gasteiger charge is -2.30. The second-order valence-electron chi connectivity index (χ2n) is 5.05. The molecule has 0 aliphatic carbocycles. The van der Waals surface area contributed by atoms with Crippen LogP contribution >= 0.6 is 0 Å². The second-order valence-corrected chi connectivity index (χ2v) is 5.05. The summed E-state index contributed by atoms with van der Waals surface area (Å²) >= 11 is 0. The van der Waals surface area contributed by atoms with Crippen molar-refractivity contribution in [2.75, 3.05) is 13.1 Å². The van der Waals surface area contributed by atoms with Crippen LogP contribution in [-0.4, -0.2) is 40.3 Å². The van der Waals surface area contributed by atoms with Crippen molar-refractivity contribution < 1.29 is 19.4 Å². The molecule has 5 heteroatoms. The molecule has 1 unspecified atom stereocenters. The maximum Gasteiger partial charge on any atom is 0.328 e.